The van der Waals surface area contributed by atoms with Gasteiger partial charge in [0.15, 0.2) is 0 Å². The van der Waals surface area contributed by atoms with Gasteiger partial charge in [-0.05, 0) is 37.6 Å². The highest BCUT2D eigenvalue weighted by Gasteiger charge is 2.20. The Hall–Kier alpha value is -0.640. The number of rotatable bonds is 2. The number of aromatic nitrogens is 1. The van der Waals surface area contributed by atoms with Crippen LogP contribution < -0.4 is 0 Å². The van der Waals surface area contributed by atoms with Crippen molar-refractivity contribution in [3.8, 4) is 0 Å². The van der Waals surface area contributed by atoms with Crippen molar-refractivity contribution in [2.45, 2.75) is 24.8 Å². The molecular weight excluding hydrogens is 302 g/mol. The molecule has 2 nitrogen and oxygen atoms in total. The Bertz CT molecular complexity index is 563. The molecule has 2 rings (SSSR count). The fourth-order valence-electron chi connectivity index (χ4n) is 1.83. The van der Waals surface area contributed by atoms with Crippen LogP contribution in [-0.2, 0) is 10.9 Å². The lowest BCUT2D eigenvalue weighted by Gasteiger charge is -2.20. The van der Waals surface area contributed by atoms with Crippen LogP contribution in [-0.4, -0.2) is 10.1 Å². The molecule has 0 aliphatic carbocycles. The second-order valence-corrected chi connectivity index (χ2v) is 5.56. The van der Waals surface area contributed by atoms with E-state index in [4.69, 9.17) is 11.6 Å². The summed E-state index contributed by atoms with van der Waals surface area (Å²) >= 11 is 9.37. The van der Waals surface area contributed by atoms with E-state index in [1.807, 2.05) is 18.2 Å². The molecule has 1 aromatic heterocycles. The zero-order valence-electron chi connectivity index (χ0n) is 9.67. The third-order valence-corrected chi connectivity index (χ3v) is 3.48. The molecule has 0 amide bonds. The molecule has 0 atom stereocenters. The van der Waals surface area contributed by atoms with Crippen LogP contribution in [0.15, 0.2) is 24.4 Å². The van der Waals surface area contributed by atoms with Gasteiger partial charge in [0.25, 0.3) is 0 Å². The van der Waals surface area contributed by atoms with Crippen molar-refractivity contribution in [3.05, 3.63) is 40.5 Å². The third kappa shape index (κ3) is 2.62. The van der Waals surface area contributed by atoms with E-state index in [-0.39, 0.29) is 0 Å². The SMILES string of the molecule is CC(C)(O)c1cc(CBr)cc2cc(Cl)cnc12. The number of nitrogens with zero attached hydrogens (tertiary/aromatic N) is 1. The number of benzene rings is 1. The molecule has 1 aromatic carbocycles. The molecule has 90 valence electrons. The van der Waals surface area contributed by atoms with Gasteiger partial charge in [-0.2, -0.15) is 0 Å². The normalized spacial score (nSPS) is 12.1. The lowest BCUT2D eigenvalue weighted by atomic mass is 9.93. The molecule has 0 spiro atoms. The molecule has 1 N–H and O–H groups in total. The van der Waals surface area contributed by atoms with Crippen molar-refractivity contribution in [3.63, 3.8) is 0 Å². The molecule has 0 unspecified atom stereocenters. The minimum Gasteiger partial charge on any atom is -0.386 e. The highest BCUT2D eigenvalue weighted by atomic mass is 79.9. The van der Waals surface area contributed by atoms with Crippen LogP contribution >= 0.6 is 27.5 Å². The fraction of sp³-hybridized carbons (Fsp3) is 0.308. The summed E-state index contributed by atoms with van der Waals surface area (Å²) in [6.07, 6.45) is 1.60. The van der Waals surface area contributed by atoms with Crippen LogP contribution in [0.5, 0.6) is 0 Å². The van der Waals surface area contributed by atoms with Crippen molar-refractivity contribution in [1.29, 1.82) is 0 Å². The Morgan fingerprint density at radius 2 is 2.06 bits per heavy atom. The maximum Gasteiger partial charge on any atom is 0.0861 e. The summed E-state index contributed by atoms with van der Waals surface area (Å²) in [5.41, 5.74) is 1.79. The van der Waals surface area contributed by atoms with Gasteiger partial charge < -0.3 is 5.11 Å². The predicted octanol–water partition coefficient (Wildman–Crippen LogP) is 4.01. The number of alkyl halides is 1. The summed E-state index contributed by atoms with van der Waals surface area (Å²) in [5, 5.41) is 12.5. The van der Waals surface area contributed by atoms with E-state index in [2.05, 4.69) is 20.9 Å². The van der Waals surface area contributed by atoms with Gasteiger partial charge in [-0.15, -0.1) is 0 Å². The first-order valence-corrected chi connectivity index (χ1v) is 6.79. The van der Waals surface area contributed by atoms with Crippen molar-refractivity contribution in [2.75, 3.05) is 0 Å². The molecule has 0 saturated carbocycles. The summed E-state index contributed by atoms with van der Waals surface area (Å²) in [6, 6.07) is 5.86. The van der Waals surface area contributed by atoms with Crippen molar-refractivity contribution in [1.82, 2.24) is 4.98 Å². The van der Waals surface area contributed by atoms with Gasteiger partial charge in [0.05, 0.1) is 16.1 Å². The Labute approximate surface area is 114 Å². The third-order valence-electron chi connectivity index (χ3n) is 2.62. The fourth-order valence-corrected chi connectivity index (χ4v) is 2.32. The molecule has 0 radical (unpaired) electrons. The van der Waals surface area contributed by atoms with E-state index in [0.29, 0.717) is 5.02 Å². The first kappa shape index (κ1) is 12.8. The average molecular weight is 315 g/mol. The van der Waals surface area contributed by atoms with Gasteiger partial charge in [-0.3, -0.25) is 4.98 Å². The smallest absolute Gasteiger partial charge is 0.0861 e. The molecule has 0 bridgehead atoms. The van der Waals surface area contributed by atoms with Crippen molar-refractivity contribution >= 4 is 38.4 Å². The molecular formula is C13H13BrClNO. The van der Waals surface area contributed by atoms with E-state index in [1.54, 1.807) is 20.0 Å². The topological polar surface area (TPSA) is 33.1 Å². The second-order valence-electron chi connectivity index (χ2n) is 4.56. The average Bonchev–Trinajstić information content (AvgIpc) is 2.25. The Balaban J connectivity index is 2.81. The van der Waals surface area contributed by atoms with E-state index in [9.17, 15) is 5.11 Å². The standard InChI is InChI=1S/C13H13BrClNO/c1-13(2,17)11-4-8(6-14)3-9-5-10(15)7-16-12(9)11/h3-5,7,17H,6H2,1-2H3. The van der Waals surface area contributed by atoms with Gasteiger partial charge >= 0.3 is 0 Å². The molecule has 2 aromatic rings. The molecule has 0 saturated heterocycles. The van der Waals surface area contributed by atoms with Gasteiger partial charge in [-0.25, -0.2) is 0 Å². The first-order valence-electron chi connectivity index (χ1n) is 5.29. The van der Waals surface area contributed by atoms with E-state index >= 15 is 0 Å². The highest BCUT2D eigenvalue weighted by molar-refractivity contribution is 9.08. The molecule has 0 aliphatic rings. The number of hydrogen-bond donors (Lipinski definition) is 1. The lowest BCUT2D eigenvalue weighted by Crippen LogP contribution is -2.16. The van der Waals surface area contributed by atoms with Gasteiger partial charge in [0.1, 0.15) is 0 Å². The molecule has 0 fully saturated rings. The van der Waals surface area contributed by atoms with Crippen LogP contribution in [0.2, 0.25) is 5.02 Å². The largest absolute Gasteiger partial charge is 0.386 e. The van der Waals surface area contributed by atoms with E-state index in [1.165, 1.54) is 0 Å². The lowest BCUT2D eigenvalue weighted by molar-refractivity contribution is 0.0799. The molecule has 4 heteroatoms. The van der Waals surface area contributed by atoms with E-state index < -0.39 is 5.60 Å². The summed E-state index contributed by atoms with van der Waals surface area (Å²) in [7, 11) is 0. The molecule has 1 heterocycles. The quantitative estimate of drug-likeness (QED) is 0.850. The van der Waals surface area contributed by atoms with Crippen molar-refractivity contribution in [2.24, 2.45) is 0 Å². The highest BCUT2D eigenvalue weighted by Crippen LogP contribution is 2.30. The minimum atomic E-state index is -0.919. The second kappa shape index (κ2) is 4.56. The number of aliphatic hydroxyl groups is 1. The van der Waals surface area contributed by atoms with Gasteiger partial charge in [0, 0.05) is 22.5 Å². The summed E-state index contributed by atoms with van der Waals surface area (Å²) < 4.78 is 0. The van der Waals surface area contributed by atoms with Crippen LogP contribution in [0, 0.1) is 0 Å². The van der Waals surface area contributed by atoms with Crippen LogP contribution in [0.25, 0.3) is 10.9 Å². The van der Waals surface area contributed by atoms with Gasteiger partial charge in [0.2, 0.25) is 0 Å². The monoisotopic (exact) mass is 313 g/mol. The summed E-state index contributed by atoms with van der Waals surface area (Å²) in [4.78, 5) is 4.32. The zero-order chi connectivity index (χ0) is 12.6. The Morgan fingerprint density at radius 3 is 2.65 bits per heavy atom. The number of halogens is 2. The summed E-state index contributed by atoms with van der Waals surface area (Å²) in [5.74, 6) is 0. The first-order chi connectivity index (χ1) is 7.91. The van der Waals surface area contributed by atoms with Crippen molar-refractivity contribution < 1.29 is 5.11 Å². The number of pyridine rings is 1. The number of fused-ring (bicyclic) bond motifs is 1. The van der Waals surface area contributed by atoms with E-state index in [0.717, 1.165) is 27.4 Å². The maximum atomic E-state index is 10.2. The van der Waals surface area contributed by atoms with Crippen LogP contribution in [0.3, 0.4) is 0 Å². The predicted molar refractivity (Wildman–Crippen MR) is 74.6 cm³/mol. The zero-order valence-corrected chi connectivity index (χ0v) is 12.0. The maximum absolute atomic E-state index is 10.2. The Kier molecular flexibility index (Phi) is 3.43. The molecule has 17 heavy (non-hydrogen) atoms. The number of hydrogen-bond acceptors (Lipinski definition) is 2. The summed E-state index contributed by atoms with van der Waals surface area (Å²) in [6.45, 7) is 3.52. The van der Waals surface area contributed by atoms with Gasteiger partial charge in [-0.1, -0.05) is 27.5 Å². The van der Waals surface area contributed by atoms with Crippen LogP contribution in [0.4, 0.5) is 0 Å². The minimum absolute atomic E-state index is 0.603. The molecule has 0 aliphatic heterocycles. The Morgan fingerprint density at radius 1 is 1.35 bits per heavy atom. The van der Waals surface area contributed by atoms with Crippen LogP contribution in [0.1, 0.15) is 25.0 Å².